The average molecular weight is 313 g/mol. The Bertz CT molecular complexity index is 603. The number of rotatable bonds is 3. The van der Waals surface area contributed by atoms with Crippen LogP contribution in [0.25, 0.3) is 0 Å². The lowest BCUT2D eigenvalue weighted by Gasteiger charge is -2.27. The van der Waals surface area contributed by atoms with E-state index in [1.165, 1.54) is 13.2 Å². The molecule has 1 heterocycles. The van der Waals surface area contributed by atoms with E-state index in [1.54, 1.807) is 16.4 Å². The summed E-state index contributed by atoms with van der Waals surface area (Å²) in [5, 5.41) is 0. The van der Waals surface area contributed by atoms with Gasteiger partial charge in [-0.3, -0.25) is 0 Å². The molecule has 6 nitrogen and oxygen atoms in total. The van der Waals surface area contributed by atoms with E-state index in [0.717, 1.165) is 19.5 Å². The third-order valence-electron chi connectivity index (χ3n) is 3.79. The molecule has 0 spiro atoms. The zero-order valence-corrected chi connectivity index (χ0v) is 13.6. The van der Waals surface area contributed by atoms with Crippen molar-refractivity contribution >= 4 is 15.7 Å². The molecule has 7 heteroatoms. The topological polar surface area (TPSA) is 75.9 Å². The van der Waals surface area contributed by atoms with Crippen molar-refractivity contribution < 1.29 is 13.2 Å². The summed E-state index contributed by atoms with van der Waals surface area (Å²) in [6.07, 6.45) is 0.825. The molecule has 21 heavy (non-hydrogen) atoms. The van der Waals surface area contributed by atoms with Gasteiger partial charge in [0.15, 0.2) is 0 Å². The molecule has 1 aliphatic rings. The van der Waals surface area contributed by atoms with Gasteiger partial charge >= 0.3 is 0 Å². The van der Waals surface area contributed by atoms with E-state index in [1.807, 2.05) is 14.0 Å². The predicted octanol–water partition coefficient (Wildman–Crippen LogP) is 0.992. The summed E-state index contributed by atoms with van der Waals surface area (Å²) in [4.78, 5) is 2.37. The number of sulfonamides is 1. The van der Waals surface area contributed by atoms with Gasteiger partial charge in [-0.05, 0) is 45.1 Å². The van der Waals surface area contributed by atoms with Gasteiger partial charge < -0.3 is 15.4 Å². The zero-order chi connectivity index (χ0) is 15.6. The van der Waals surface area contributed by atoms with Gasteiger partial charge in [-0.2, -0.15) is 4.31 Å². The number of nitrogen functional groups attached to an aromatic ring is 1. The van der Waals surface area contributed by atoms with E-state index in [-0.39, 0.29) is 10.9 Å². The second kappa shape index (κ2) is 6.21. The van der Waals surface area contributed by atoms with Crippen LogP contribution >= 0.6 is 0 Å². The number of methoxy groups -OCH3 is 1. The van der Waals surface area contributed by atoms with E-state index in [0.29, 0.717) is 18.0 Å². The molecule has 0 bridgehead atoms. The first-order valence-corrected chi connectivity index (χ1v) is 8.44. The Balaban J connectivity index is 2.34. The molecule has 1 fully saturated rings. The Morgan fingerprint density at radius 1 is 1.33 bits per heavy atom. The summed E-state index contributed by atoms with van der Waals surface area (Å²) in [6.45, 7) is 4.10. The first kappa shape index (κ1) is 16.1. The highest BCUT2D eigenvalue weighted by Gasteiger charge is 2.31. The molecule has 2 rings (SSSR count). The lowest BCUT2D eigenvalue weighted by atomic mass is 10.3. The Kier molecular flexibility index (Phi) is 4.75. The molecule has 1 atom stereocenters. The van der Waals surface area contributed by atoms with E-state index < -0.39 is 10.0 Å². The molecule has 0 aliphatic carbocycles. The monoisotopic (exact) mass is 313 g/mol. The lowest BCUT2D eigenvalue weighted by Crippen LogP contribution is -2.41. The van der Waals surface area contributed by atoms with Crippen LogP contribution in [0.4, 0.5) is 5.69 Å². The molecule has 1 aliphatic heterocycles. The summed E-state index contributed by atoms with van der Waals surface area (Å²) in [6, 6.07) is 4.55. The summed E-state index contributed by atoms with van der Waals surface area (Å²) in [5.41, 5.74) is 6.16. The van der Waals surface area contributed by atoms with Crippen molar-refractivity contribution in [1.82, 2.24) is 9.21 Å². The SMILES string of the molecule is COc1ccc(S(=O)(=O)N2CCCN(C)CC2C)cc1N. The van der Waals surface area contributed by atoms with Crippen LogP contribution in [0, 0.1) is 0 Å². The van der Waals surface area contributed by atoms with Gasteiger partial charge in [0.05, 0.1) is 17.7 Å². The Morgan fingerprint density at radius 2 is 2.05 bits per heavy atom. The summed E-state index contributed by atoms with van der Waals surface area (Å²) in [7, 11) is -0.0159. The molecular weight excluding hydrogens is 290 g/mol. The maximum atomic E-state index is 12.8. The highest BCUT2D eigenvalue weighted by molar-refractivity contribution is 7.89. The largest absolute Gasteiger partial charge is 0.495 e. The van der Waals surface area contributed by atoms with Crippen molar-refractivity contribution in [1.29, 1.82) is 0 Å². The molecule has 0 aromatic heterocycles. The number of nitrogens with zero attached hydrogens (tertiary/aromatic N) is 2. The lowest BCUT2D eigenvalue weighted by molar-refractivity contribution is 0.290. The minimum atomic E-state index is -3.53. The van der Waals surface area contributed by atoms with Crippen molar-refractivity contribution in [2.45, 2.75) is 24.3 Å². The summed E-state index contributed by atoms with van der Waals surface area (Å²) in [5.74, 6) is 0.484. The van der Waals surface area contributed by atoms with Gasteiger partial charge in [-0.25, -0.2) is 8.42 Å². The number of nitrogens with two attached hydrogens (primary N) is 1. The van der Waals surface area contributed by atoms with Gasteiger partial charge in [0, 0.05) is 19.1 Å². The molecule has 0 saturated carbocycles. The molecule has 0 radical (unpaired) electrons. The van der Waals surface area contributed by atoms with Gasteiger partial charge in [0.1, 0.15) is 5.75 Å². The Labute approximate surface area is 126 Å². The molecular formula is C14H23N3O3S. The molecule has 1 aromatic carbocycles. The van der Waals surface area contributed by atoms with Crippen molar-refractivity contribution in [3.8, 4) is 5.75 Å². The normalized spacial score (nSPS) is 22.0. The van der Waals surface area contributed by atoms with Crippen LogP contribution in [-0.2, 0) is 10.0 Å². The third kappa shape index (κ3) is 3.30. The van der Waals surface area contributed by atoms with Crippen LogP contribution in [0.3, 0.4) is 0 Å². The van der Waals surface area contributed by atoms with Gasteiger partial charge in [0.2, 0.25) is 10.0 Å². The quantitative estimate of drug-likeness (QED) is 0.842. The fourth-order valence-electron chi connectivity index (χ4n) is 2.72. The van der Waals surface area contributed by atoms with Crippen molar-refractivity contribution in [3.05, 3.63) is 18.2 Å². The Hall–Kier alpha value is -1.31. The van der Waals surface area contributed by atoms with Crippen LogP contribution < -0.4 is 10.5 Å². The first-order chi connectivity index (χ1) is 9.86. The summed E-state index contributed by atoms with van der Waals surface area (Å²) >= 11 is 0. The number of likely N-dealkylation sites (N-methyl/N-ethyl adjacent to an activating group) is 1. The van der Waals surface area contributed by atoms with Crippen LogP contribution in [0.2, 0.25) is 0 Å². The van der Waals surface area contributed by atoms with Crippen LogP contribution in [-0.4, -0.2) is 57.5 Å². The fraction of sp³-hybridized carbons (Fsp3) is 0.571. The van der Waals surface area contributed by atoms with Crippen LogP contribution in [0.15, 0.2) is 23.1 Å². The van der Waals surface area contributed by atoms with E-state index in [4.69, 9.17) is 10.5 Å². The molecule has 0 amide bonds. The average Bonchev–Trinajstić information content (AvgIpc) is 2.59. The Morgan fingerprint density at radius 3 is 2.67 bits per heavy atom. The number of anilines is 1. The number of hydrogen-bond donors (Lipinski definition) is 1. The van der Waals surface area contributed by atoms with E-state index in [2.05, 4.69) is 4.90 Å². The maximum absolute atomic E-state index is 12.8. The third-order valence-corrected chi connectivity index (χ3v) is 5.80. The minimum Gasteiger partial charge on any atom is -0.495 e. The van der Waals surface area contributed by atoms with Gasteiger partial charge in [-0.15, -0.1) is 0 Å². The van der Waals surface area contributed by atoms with Gasteiger partial charge in [0.25, 0.3) is 0 Å². The zero-order valence-electron chi connectivity index (χ0n) is 12.7. The number of hydrogen-bond acceptors (Lipinski definition) is 5. The molecule has 1 saturated heterocycles. The summed E-state index contributed by atoms with van der Waals surface area (Å²) < 4.78 is 32.3. The predicted molar refractivity (Wildman–Crippen MR) is 82.9 cm³/mol. The van der Waals surface area contributed by atoms with Crippen LogP contribution in [0.5, 0.6) is 5.75 Å². The second-order valence-electron chi connectivity index (χ2n) is 5.48. The second-order valence-corrected chi connectivity index (χ2v) is 7.37. The molecule has 1 unspecified atom stereocenters. The molecule has 2 N–H and O–H groups in total. The van der Waals surface area contributed by atoms with E-state index >= 15 is 0 Å². The van der Waals surface area contributed by atoms with E-state index in [9.17, 15) is 8.42 Å². The first-order valence-electron chi connectivity index (χ1n) is 7.00. The molecule has 118 valence electrons. The highest BCUT2D eigenvalue weighted by Crippen LogP contribution is 2.27. The van der Waals surface area contributed by atoms with Gasteiger partial charge in [-0.1, -0.05) is 0 Å². The van der Waals surface area contributed by atoms with Crippen molar-refractivity contribution in [3.63, 3.8) is 0 Å². The maximum Gasteiger partial charge on any atom is 0.243 e. The smallest absolute Gasteiger partial charge is 0.243 e. The van der Waals surface area contributed by atoms with Crippen molar-refractivity contribution in [2.75, 3.05) is 39.5 Å². The highest BCUT2D eigenvalue weighted by atomic mass is 32.2. The number of ether oxygens (including phenoxy) is 1. The van der Waals surface area contributed by atoms with Crippen molar-refractivity contribution in [2.24, 2.45) is 0 Å². The fourth-order valence-corrected chi connectivity index (χ4v) is 4.41. The standard InChI is InChI=1S/C14H23N3O3S/c1-11-10-16(2)7-4-8-17(11)21(18,19)12-5-6-14(20-3)13(15)9-12/h5-6,9,11H,4,7-8,10,15H2,1-3H3. The number of benzene rings is 1. The van der Waals surface area contributed by atoms with Crippen LogP contribution in [0.1, 0.15) is 13.3 Å². The molecule has 1 aromatic rings. The minimum absolute atomic E-state index is 0.0640.